The van der Waals surface area contributed by atoms with Gasteiger partial charge in [-0.25, -0.2) is 4.98 Å². The number of hydrogen-bond acceptors (Lipinski definition) is 6. The van der Waals surface area contributed by atoms with Crippen LogP contribution in [0.2, 0.25) is 0 Å². The van der Waals surface area contributed by atoms with Crippen LogP contribution in [0, 0.1) is 0 Å². The third-order valence-corrected chi connectivity index (χ3v) is 4.88. The molecule has 0 saturated carbocycles. The highest BCUT2D eigenvalue weighted by Gasteiger charge is 2.16. The van der Waals surface area contributed by atoms with Crippen LogP contribution in [0.15, 0.2) is 64.4 Å². The van der Waals surface area contributed by atoms with Crippen molar-refractivity contribution < 1.29 is 9.32 Å². The van der Waals surface area contributed by atoms with E-state index < -0.39 is 0 Å². The Hall–Kier alpha value is -3.81. The highest BCUT2D eigenvalue weighted by atomic mass is 16.5. The lowest BCUT2D eigenvalue weighted by Gasteiger charge is -2.06. The minimum atomic E-state index is -0.357. The van der Waals surface area contributed by atoms with Crippen LogP contribution in [0.1, 0.15) is 24.5 Å². The summed E-state index contributed by atoms with van der Waals surface area (Å²) in [7, 11) is 0. The van der Waals surface area contributed by atoms with Crippen molar-refractivity contribution in [3.8, 4) is 11.3 Å². The van der Waals surface area contributed by atoms with Crippen LogP contribution >= 0.6 is 0 Å². The molecule has 4 rings (SSSR count). The molecule has 0 aliphatic heterocycles. The van der Waals surface area contributed by atoms with Crippen LogP contribution in [0.3, 0.4) is 0 Å². The number of aromatic nitrogens is 4. The fraction of sp³-hybridized carbons (Fsp3) is 0.227. The van der Waals surface area contributed by atoms with Crippen molar-refractivity contribution in [3.05, 3.63) is 76.6 Å². The normalized spacial score (nSPS) is 11.0. The monoisotopic (exact) mass is 403 g/mol. The summed E-state index contributed by atoms with van der Waals surface area (Å²) in [6.45, 7) is 2.67. The summed E-state index contributed by atoms with van der Waals surface area (Å²) in [5.41, 5.74) is 3.64. The Bertz CT molecular complexity index is 1210. The van der Waals surface area contributed by atoms with Gasteiger partial charge in [0.25, 0.3) is 11.1 Å². The van der Waals surface area contributed by atoms with Gasteiger partial charge < -0.3 is 9.84 Å². The second kappa shape index (κ2) is 8.69. The average molecular weight is 403 g/mol. The first-order valence-corrected chi connectivity index (χ1v) is 9.75. The Morgan fingerprint density at radius 3 is 2.73 bits per heavy atom. The Morgan fingerprint density at radius 2 is 2.00 bits per heavy atom. The minimum absolute atomic E-state index is 0.0860. The second-order valence-corrected chi connectivity index (χ2v) is 6.89. The summed E-state index contributed by atoms with van der Waals surface area (Å²) >= 11 is 0. The zero-order chi connectivity index (χ0) is 20.9. The third kappa shape index (κ3) is 4.12. The smallest absolute Gasteiger partial charge is 0.299 e. The molecule has 3 aromatic heterocycles. The molecule has 0 aliphatic rings. The fourth-order valence-electron chi connectivity index (χ4n) is 3.12. The predicted molar refractivity (Wildman–Crippen MR) is 112 cm³/mol. The van der Waals surface area contributed by atoms with Crippen molar-refractivity contribution in [2.45, 2.75) is 32.9 Å². The van der Waals surface area contributed by atoms with E-state index in [-0.39, 0.29) is 30.0 Å². The average Bonchev–Trinajstić information content (AvgIpc) is 3.23. The molecule has 0 fully saturated rings. The van der Waals surface area contributed by atoms with E-state index in [0.717, 1.165) is 17.5 Å². The molecule has 4 aromatic rings. The van der Waals surface area contributed by atoms with E-state index in [1.165, 1.54) is 16.5 Å². The number of hydrogen-bond donors (Lipinski definition) is 1. The summed E-state index contributed by atoms with van der Waals surface area (Å²) in [5.74, 6) is -0.167. The zero-order valence-corrected chi connectivity index (χ0v) is 16.5. The van der Waals surface area contributed by atoms with Crippen molar-refractivity contribution >= 4 is 17.0 Å². The number of pyridine rings is 1. The van der Waals surface area contributed by atoms with Gasteiger partial charge in [-0.1, -0.05) is 42.4 Å². The van der Waals surface area contributed by atoms with Gasteiger partial charge in [-0.05, 0) is 23.6 Å². The topological polar surface area (TPSA) is 103 Å². The van der Waals surface area contributed by atoms with Crippen LogP contribution in [0.4, 0.5) is 0 Å². The number of amides is 1. The van der Waals surface area contributed by atoms with Crippen molar-refractivity contribution in [2.24, 2.45) is 0 Å². The van der Waals surface area contributed by atoms with Gasteiger partial charge in [0.1, 0.15) is 11.2 Å². The molecular weight excluding hydrogens is 382 g/mol. The summed E-state index contributed by atoms with van der Waals surface area (Å²) in [6.07, 6.45) is 5.89. The number of aryl methyl sites for hydroxylation is 2. The van der Waals surface area contributed by atoms with Gasteiger partial charge in [-0.15, -0.1) is 0 Å². The molecule has 152 valence electrons. The van der Waals surface area contributed by atoms with Crippen molar-refractivity contribution in [3.63, 3.8) is 0 Å². The highest BCUT2D eigenvalue weighted by molar-refractivity contribution is 5.87. The quantitative estimate of drug-likeness (QED) is 0.509. The van der Waals surface area contributed by atoms with E-state index in [9.17, 15) is 9.59 Å². The summed E-state index contributed by atoms with van der Waals surface area (Å²) in [5, 5.41) is 6.86. The van der Waals surface area contributed by atoms with Gasteiger partial charge in [0.15, 0.2) is 0 Å². The maximum absolute atomic E-state index is 12.7. The number of carbonyl (C=O) groups excluding carboxylic acids is 1. The number of nitrogens with one attached hydrogen (secondary N) is 1. The van der Waals surface area contributed by atoms with Crippen LogP contribution in [0.25, 0.3) is 22.4 Å². The van der Waals surface area contributed by atoms with E-state index in [2.05, 4.69) is 27.4 Å². The summed E-state index contributed by atoms with van der Waals surface area (Å²) in [6, 6.07) is 11.6. The molecule has 0 saturated heterocycles. The van der Waals surface area contributed by atoms with Gasteiger partial charge in [-0.3, -0.25) is 19.1 Å². The van der Waals surface area contributed by atoms with Crippen molar-refractivity contribution in [2.75, 3.05) is 0 Å². The van der Waals surface area contributed by atoms with Crippen LogP contribution in [0.5, 0.6) is 0 Å². The summed E-state index contributed by atoms with van der Waals surface area (Å²) in [4.78, 5) is 33.2. The Balaban J connectivity index is 1.46. The molecule has 8 nitrogen and oxygen atoms in total. The molecule has 0 unspecified atom stereocenters. The van der Waals surface area contributed by atoms with Crippen molar-refractivity contribution in [1.82, 2.24) is 25.0 Å². The molecule has 8 heteroatoms. The van der Waals surface area contributed by atoms with Crippen LogP contribution in [-0.2, 0) is 24.3 Å². The maximum Gasteiger partial charge on any atom is 0.299 e. The lowest BCUT2D eigenvalue weighted by atomic mass is 10.1. The largest absolute Gasteiger partial charge is 0.352 e. The predicted octanol–water partition coefficient (Wildman–Crippen LogP) is 2.72. The molecule has 0 bridgehead atoms. The molecule has 3 heterocycles. The molecule has 0 spiro atoms. The Labute approximate surface area is 172 Å². The SMILES string of the molecule is CCc1ccc(-c2noc3c(=O)n(CCC(=O)NCc4cccnc4)cnc23)cc1. The number of carbonyl (C=O) groups is 1. The van der Waals surface area contributed by atoms with E-state index >= 15 is 0 Å². The second-order valence-electron chi connectivity index (χ2n) is 6.89. The molecule has 0 atom stereocenters. The van der Waals surface area contributed by atoms with Gasteiger partial charge >= 0.3 is 0 Å². The van der Waals surface area contributed by atoms with Gasteiger partial charge in [-0.2, -0.15) is 0 Å². The van der Waals surface area contributed by atoms with E-state index in [1.807, 2.05) is 36.4 Å². The van der Waals surface area contributed by atoms with Gasteiger partial charge in [0, 0.05) is 37.5 Å². The van der Waals surface area contributed by atoms with Gasteiger partial charge in [0.05, 0.1) is 6.33 Å². The van der Waals surface area contributed by atoms with E-state index in [4.69, 9.17) is 4.52 Å². The summed E-state index contributed by atoms with van der Waals surface area (Å²) < 4.78 is 6.65. The number of fused-ring (bicyclic) bond motifs is 1. The first-order valence-electron chi connectivity index (χ1n) is 9.75. The lowest BCUT2D eigenvalue weighted by molar-refractivity contribution is -0.121. The molecule has 1 amide bonds. The van der Waals surface area contributed by atoms with Crippen LogP contribution in [-0.4, -0.2) is 25.6 Å². The van der Waals surface area contributed by atoms with Crippen molar-refractivity contribution in [1.29, 1.82) is 0 Å². The molecule has 30 heavy (non-hydrogen) atoms. The first-order chi connectivity index (χ1) is 14.7. The zero-order valence-electron chi connectivity index (χ0n) is 16.5. The highest BCUT2D eigenvalue weighted by Crippen LogP contribution is 2.24. The molecule has 1 N–H and O–H groups in total. The molecule has 0 radical (unpaired) electrons. The molecule has 0 aliphatic carbocycles. The molecule has 1 aromatic carbocycles. The third-order valence-electron chi connectivity index (χ3n) is 4.88. The number of rotatable bonds is 7. The van der Waals surface area contributed by atoms with E-state index in [0.29, 0.717) is 17.8 Å². The first kappa shape index (κ1) is 19.5. The lowest BCUT2D eigenvalue weighted by Crippen LogP contribution is -2.27. The van der Waals surface area contributed by atoms with Gasteiger partial charge in [0.2, 0.25) is 5.91 Å². The van der Waals surface area contributed by atoms with Crippen LogP contribution < -0.4 is 10.9 Å². The standard InChI is InChI=1S/C22H21N5O3/c1-2-15-5-7-17(8-6-15)19-20-21(30-26-19)22(29)27(14-25-20)11-9-18(28)24-13-16-4-3-10-23-12-16/h3-8,10,12,14H,2,9,11,13H2,1H3,(H,24,28). The Morgan fingerprint density at radius 1 is 1.17 bits per heavy atom. The number of nitrogens with zero attached hydrogens (tertiary/aromatic N) is 4. The minimum Gasteiger partial charge on any atom is -0.352 e. The number of benzene rings is 1. The molecular formula is C22H21N5O3. The fourth-order valence-corrected chi connectivity index (χ4v) is 3.12. The van der Waals surface area contributed by atoms with E-state index in [1.54, 1.807) is 12.4 Å². The Kier molecular flexibility index (Phi) is 5.65. The maximum atomic E-state index is 12.7.